The predicted octanol–water partition coefficient (Wildman–Crippen LogP) is 4.23. The van der Waals surface area contributed by atoms with Crippen LogP contribution < -0.4 is 10.6 Å². The zero-order chi connectivity index (χ0) is 16.8. The molecule has 0 fully saturated rings. The van der Waals surface area contributed by atoms with Gasteiger partial charge in [-0.2, -0.15) is 0 Å². The minimum Gasteiger partial charge on any atom is -0.350 e. The molecule has 2 aromatic carbocycles. The minimum absolute atomic E-state index is 0.113. The molecule has 0 aliphatic rings. The molecule has 0 heterocycles. The monoisotopic (exact) mass is 374 g/mol. The van der Waals surface area contributed by atoms with Crippen LogP contribution in [0.2, 0.25) is 0 Å². The molecule has 2 aromatic rings. The van der Waals surface area contributed by atoms with Crippen molar-refractivity contribution in [3.05, 3.63) is 64.1 Å². The first-order valence-electron chi connectivity index (χ1n) is 7.47. The molecule has 0 saturated heterocycles. The average Bonchev–Trinajstić information content (AvgIpc) is 2.54. The van der Waals surface area contributed by atoms with E-state index in [9.17, 15) is 9.59 Å². The molecule has 0 aromatic heterocycles. The van der Waals surface area contributed by atoms with Gasteiger partial charge in [-0.1, -0.05) is 35.0 Å². The molecule has 1 unspecified atom stereocenters. The fraction of sp³-hybridized carbons (Fsp3) is 0.222. The van der Waals surface area contributed by atoms with Crippen molar-refractivity contribution < 1.29 is 9.59 Å². The standard InChI is InChI=1S/C18H19BrN2O2/c1-3-12(2)20-17(22)14-7-5-9-16(11-14)21-18(23)13-6-4-8-15(19)10-13/h4-12H,3H2,1-2H3,(H,20,22)(H,21,23). The summed E-state index contributed by atoms with van der Waals surface area (Å²) in [7, 11) is 0. The Hall–Kier alpha value is -2.14. The summed E-state index contributed by atoms with van der Waals surface area (Å²) in [4.78, 5) is 24.4. The smallest absolute Gasteiger partial charge is 0.255 e. The van der Waals surface area contributed by atoms with Gasteiger partial charge in [0.15, 0.2) is 0 Å². The second kappa shape index (κ2) is 7.92. The minimum atomic E-state index is -0.217. The average molecular weight is 375 g/mol. The molecule has 120 valence electrons. The third-order valence-corrected chi connectivity index (χ3v) is 3.95. The van der Waals surface area contributed by atoms with Gasteiger partial charge in [-0.3, -0.25) is 9.59 Å². The van der Waals surface area contributed by atoms with Crippen molar-refractivity contribution in [3.8, 4) is 0 Å². The van der Waals surface area contributed by atoms with Gasteiger partial charge in [0.05, 0.1) is 0 Å². The van der Waals surface area contributed by atoms with Crippen molar-refractivity contribution in [1.82, 2.24) is 5.32 Å². The van der Waals surface area contributed by atoms with Crippen LogP contribution in [0.25, 0.3) is 0 Å². The number of rotatable bonds is 5. The first kappa shape index (κ1) is 17.2. The highest BCUT2D eigenvalue weighted by Crippen LogP contribution is 2.15. The van der Waals surface area contributed by atoms with Crippen LogP contribution in [0, 0.1) is 0 Å². The van der Waals surface area contributed by atoms with Crippen LogP contribution in [0.3, 0.4) is 0 Å². The molecule has 23 heavy (non-hydrogen) atoms. The second-order valence-corrected chi connectivity index (χ2v) is 6.24. The van der Waals surface area contributed by atoms with Crippen LogP contribution in [0.15, 0.2) is 53.0 Å². The maximum atomic E-state index is 12.2. The molecule has 2 rings (SSSR count). The Morgan fingerprint density at radius 3 is 2.35 bits per heavy atom. The molecule has 0 radical (unpaired) electrons. The Bertz CT molecular complexity index is 716. The van der Waals surface area contributed by atoms with Gasteiger partial charge in [0.1, 0.15) is 0 Å². The van der Waals surface area contributed by atoms with Gasteiger partial charge in [-0.05, 0) is 49.7 Å². The first-order chi connectivity index (χ1) is 11.0. The molecular formula is C18H19BrN2O2. The largest absolute Gasteiger partial charge is 0.350 e. The lowest BCUT2D eigenvalue weighted by Crippen LogP contribution is -2.31. The van der Waals surface area contributed by atoms with Crippen molar-refractivity contribution in [2.45, 2.75) is 26.3 Å². The molecule has 0 aliphatic heterocycles. The van der Waals surface area contributed by atoms with E-state index in [-0.39, 0.29) is 17.9 Å². The summed E-state index contributed by atoms with van der Waals surface area (Å²) in [5.41, 5.74) is 1.66. The predicted molar refractivity (Wildman–Crippen MR) is 95.8 cm³/mol. The number of carbonyl (C=O) groups is 2. The van der Waals surface area contributed by atoms with E-state index in [4.69, 9.17) is 0 Å². The third kappa shape index (κ3) is 4.93. The number of benzene rings is 2. The van der Waals surface area contributed by atoms with Crippen LogP contribution >= 0.6 is 15.9 Å². The molecule has 5 heteroatoms. The summed E-state index contributed by atoms with van der Waals surface area (Å²) < 4.78 is 0.840. The topological polar surface area (TPSA) is 58.2 Å². The Kier molecular flexibility index (Phi) is 5.93. The number of hydrogen-bond donors (Lipinski definition) is 2. The summed E-state index contributed by atoms with van der Waals surface area (Å²) in [5, 5.41) is 5.72. The number of nitrogens with one attached hydrogen (secondary N) is 2. The highest BCUT2D eigenvalue weighted by Gasteiger charge is 2.11. The van der Waals surface area contributed by atoms with Crippen molar-refractivity contribution in [2.24, 2.45) is 0 Å². The molecule has 2 amide bonds. The van der Waals surface area contributed by atoms with Crippen molar-refractivity contribution >= 4 is 33.4 Å². The number of amides is 2. The van der Waals surface area contributed by atoms with Crippen LogP contribution in [0.1, 0.15) is 41.0 Å². The van der Waals surface area contributed by atoms with Crippen LogP contribution in [-0.2, 0) is 0 Å². The fourth-order valence-corrected chi connectivity index (χ4v) is 2.38. The van der Waals surface area contributed by atoms with Gasteiger partial charge in [0.25, 0.3) is 11.8 Å². The normalized spacial score (nSPS) is 11.6. The van der Waals surface area contributed by atoms with E-state index in [2.05, 4.69) is 26.6 Å². The lowest BCUT2D eigenvalue weighted by atomic mass is 10.1. The van der Waals surface area contributed by atoms with Gasteiger partial charge in [-0.25, -0.2) is 0 Å². The molecule has 0 saturated carbocycles. The number of carbonyl (C=O) groups excluding carboxylic acids is 2. The summed E-state index contributed by atoms with van der Waals surface area (Å²) >= 11 is 3.34. The second-order valence-electron chi connectivity index (χ2n) is 5.33. The lowest BCUT2D eigenvalue weighted by Gasteiger charge is -2.12. The van der Waals surface area contributed by atoms with E-state index in [0.717, 1.165) is 10.9 Å². The van der Waals surface area contributed by atoms with Crippen LogP contribution in [0.5, 0.6) is 0 Å². The molecule has 0 spiro atoms. The number of hydrogen-bond acceptors (Lipinski definition) is 2. The quantitative estimate of drug-likeness (QED) is 0.822. The molecule has 4 nitrogen and oxygen atoms in total. The van der Waals surface area contributed by atoms with Gasteiger partial charge in [0.2, 0.25) is 0 Å². The highest BCUT2D eigenvalue weighted by molar-refractivity contribution is 9.10. The van der Waals surface area contributed by atoms with E-state index in [1.807, 2.05) is 19.9 Å². The SMILES string of the molecule is CCC(C)NC(=O)c1cccc(NC(=O)c2cccc(Br)c2)c1. The van der Waals surface area contributed by atoms with Gasteiger partial charge >= 0.3 is 0 Å². The molecule has 0 aliphatic carbocycles. The summed E-state index contributed by atoms with van der Waals surface area (Å²) in [5.74, 6) is -0.358. The molecule has 0 bridgehead atoms. The summed E-state index contributed by atoms with van der Waals surface area (Å²) in [6.07, 6.45) is 0.866. The Morgan fingerprint density at radius 2 is 1.70 bits per heavy atom. The summed E-state index contributed by atoms with van der Waals surface area (Å²) in [6, 6.07) is 14.2. The van der Waals surface area contributed by atoms with Crippen LogP contribution in [0.4, 0.5) is 5.69 Å². The fourth-order valence-electron chi connectivity index (χ4n) is 1.98. The zero-order valence-corrected chi connectivity index (χ0v) is 14.7. The van der Waals surface area contributed by atoms with Crippen molar-refractivity contribution in [1.29, 1.82) is 0 Å². The molecular weight excluding hydrogens is 356 g/mol. The highest BCUT2D eigenvalue weighted by atomic mass is 79.9. The maximum Gasteiger partial charge on any atom is 0.255 e. The van der Waals surface area contributed by atoms with E-state index in [1.165, 1.54) is 0 Å². The number of halogens is 1. The first-order valence-corrected chi connectivity index (χ1v) is 8.26. The van der Waals surface area contributed by atoms with Gasteiger partial charge in [0, 0.05) is 27.3 Å². The zero-order valence-electron chi connectivity index (χ0n) is 13.1. The Morgan fingerprint density at radius 1 is 1.04 bits per heavy atom. The number of anilines is 1. The van der Waals surface area contributed by atoms with Gasteiger partial charge < -0.3 is 10.6 Å². The third-order valence-electron chi connectivity index (χ3n) is 3.46. The van der Waals surface area contributed by atoms with E-state index in [0.29, 0.717) is 16.8 Å². The molecule has 2 N–H and O–H groups in total. The van der Waals surface area contributed by atoms with Crippen molar-refractivity contribution in [2.75, 3.05) is 5.32 Å². The summed E-state index contributed by atoms with van der Waals surface area (Å²) in [6.45, 7) is 3.97. The van der Waals surface area contributed by atoms with Crippen LogP contribution in [-0.4, -0.2) is 17.9 Å². The Labute approximate surface area is 144 Å². The van der Waals surface area contributed by atoms with Gasteiger partial charge in [-0.15, -0.1) is 0 Å². The lowest BCUT2D eigenvalue weighted by molar-refractivity contribution is 0.0938. The van der Waals surface area contributed by atoms with E-state index >= 15 is 0 Å². The van der Waals surface area contributed by atoms with Crippen molar-refractivity contribution in [3.63, 3.8) is 0 Å². The molecule has 1 atom stereocenters. The maximum absolute atomic E-state index is 12.2. The van der Waals surface area contributed by atoms with E-state index in [1.54, 1.807) is 42.5 Å². The van der Waals surface area contributed by atoms with E-state index < -0.39 is 0 Å². The Balaban J connectivity index is 2.11.